The van der Waals surface area contributed by atoms with Gasteiger partial charge in [0.05, 0.1) is 6.61 Å². The highest BCUT2D eigenvalue weighted by Gasteiger charge is 2.20. The van der Waals surface area contributed by atoms with E-state index in [1.165, 1.54) is 0 Å². The van der Waals surface area contributed by atoms with Gasteiger partial charge in [0.15, 0.2) is 6.10 Å². The average Bonchev–Trinajstić information content (AvgIpc) is 2.72. The number of carbonyl (C=O) groups is 1. The van der Waals surface area contributed by atoms with Crippen molar-refractivity contribution in [1.29, 1.82) is 0 Å². The first kappa shape index (κ1) is 21.3. The second-order valence-corrected chi connectivity index (χ2v) is 5.89. The van der Waals surface area contributed by atoms with E-state index in [4.69, 9.17) is 14.2 Å². The Bertz CT molecular complexity index is 798. The van der Waals surface area contributed by atoms with Crippen molar-refractivity contribution in [2.45, 2.75) is 26.4 Å². The van der Waals surface area contributed by atoms with Gasteiger partial charge in [-0.25, -0.2) is 4.79 Å². The Morgan fingerprint density at radius 1 is 1.04 bits per heavy atom. The van der Waals surface area contributed by atoms with Gasteiger partial charge in [-0.3, -0.25) is 0 Å². The zero-order valence-electron chi connectivity index (χ0n) is 16.4. The lowest BCUT2D eigenvalue weighted by atomic mass is 10.1. The molecule has 1 atom stereocenters. The maximum Gasteiger partial charge on any atom is 0.335 e. The van der Waals surface area contributed by atoms with Gasteiger partial charge < -0.3 is 14.2 Å². The second-order valence-electron chi connectivity index (χ2n) is 5.89. The lowest BCUT2D eigenvalue weighted by molar-refractivity contribution is -0.156. The first-order valence-electron chi connectivity index (χ1n) is 9.44. The first-order chi connectivity index (χ1) is 13.7. The van der Waals surface area contributed by atoms with Crippen LogP contribution in [-0.4, -0.2) is 31.9 Å². The molecule has 0 fully saturated rings. The van der Waals surface area contributed by atoms with Crippen LogP contribution in [-0.2, 0) is 20.7 Å². The summed E-state index contributed by atoms with van der Waals surface area (Å²) in [6.45, 7) is 4.89. The molecule has 0 aliphatic heterocycles. The maximum absolute atomic E-state index is 11.9. The van der Waals surface area contributed by atoms with Crippen molar-refractivity contribution in [3.8, 4) is 17.6 Å². The van der Waals surface area contributed by atoms with Crippen molar-refractivity contribution in [2.24, 2.45) is 0 Å². The molecule has 0 radical (unpaired) electrons. The summed E-state index contributed by atoms with van der Waals surface area (Å²) in [4.78, 5) is 11.9. The van der Waals surface area contributed by atoms with Gasteiger partial charge in [-0.1, -0.05) is 42.2 Å². The topological polar surface area (TPSA) is 44.8 Å². The highest BCUT2D eigenvalue weighted by atomic mass is 16.6. The fraction of sp³-hybridized carbons (Fsp3) is 0.292. The third kappa shape index (κ3) is 7.69. The van der Waals surface area contributed by atoms with Crippen LogP contribution < -0.4 is 4.74 Å². The number of esters is 1. The van der Waals surface area contributed by atoms with Gasteiger partial charge in [0.1, 0.15) is 12.4 Å². The van der Waals surface area contributed by atoms with Crippen molar-refractivity contribution in [2.75, 3.05) is 19.8 Å². The van der Waals surface area contributed by atoms with Crippen molar-refractivity contribution >= 4 is 5.97 Å². The number of ether oxygens (including phenoxy) is 3. The van der Waals surface area contributed by atoms with Crippen molar-refractivity contribution < 1.29 is 19.0 Å². The van der Waals surface area contributed by atoms with Crippen molar-refractivity contribution in [1.82, 2.24) is 0 Å². The Morgan fingerprint density at radius 3 is 2.46 bits per heavy atom. The van der Waals surface area contributed by atoms with Crippen LogP contribution in [0.5, 0.6) is 5.75 Å². The monoisotopic (exact) mass is 378 g/mol. The van der Waals surface area contributed by atoms with E-state index >= 15 is 0 Å². The lowest BCUT2D eigenvalue weighted by Gasteiger charge is -2.15. The van der Waals surface area contributed by atoms with Crippen LogP contribution in [0, 0.1) is 11.8 Å². The molecule has 0 saturated carbocycles. The van der Waals surface area contributed by atoms with Crippen LogP contribution in [0.15, 0.2) is 66.7 Å². The van der Waals surface area contributed by atoms with E-state index in [1.54, 1.807) is 13.0 Å². The van der Waals surface area contributed by atoms with E-state index < -0.39 is 6.10 Å². The fourth-order valence-corrected chi connectivity index (χ4v) is 2.48. The van der Waals surface area contributed by atoms with Gasteiger partial charge >= 0.3 is 5.97 Å². The summed E-state index contributed by atoms with van der Waals surface area (Å²) in [5.41, 5.74) is 1.97. The molecule has 2 aromatic carbocycles. The van der Waals surface area contributed by atoms with Gasteiger partial charge in [0.2, 0.25) is 0 Å². The molecule has 0 amide bonds. The van der Waals surface area contributed by atoms with Gasteiger partial charge in [0, 0.05) is 18.6 Å². The van der Waals surface area contributed by atoms with Crippen molar-refractivity contribution in [3.05, 3.63) is 77.9 Å². The summed E-state index contributed by atoms with van der Waals surface area (Å²) in [5, 5.41) is 0. The Morgan fingerprint density at radius 2 is 1.79 bits per heavy atom. The molecule has 28 heavy (non-hydrogen) atoms. The molecule has 0 bridgehead atoms. The first-order valence-corrected chi connectivity index (χ1v) is 9.44. The number of benzene rings is 2. The van der Waals surface area contributed by atoms with Gasteiger partial charge in [0.25, 0.3) is 0 Å². The largest absolute Gasteiger partial charge is 0.490 e. The Kier molecular flexibility index (Phi) is 9.40. The second kappa shape index (κ2) is 12.4. The molecule has 0 saturated heterocycles. The molecule has 2 rings (SSSR count). The minimum atomic E-state index is -0.581. The lowest BCUT2D eigenvalue weighted by Crippen LogP contribution is -2.28. The van der Waals surface area contributed by atoms with E-state index in [2.05, 4.69) is 11.8 Å². The zero-order valence-corrected chi connectivity index (χ0v) is 16.4. The van der Waals surface area contributed by atoms with Crippen molar-refractivity contribution in [3.63, 3.8) is 0 Å². The predicted molar refractivity (Wildman–Crippen MR) is 110 cm³/mol. The third-order valence-corrected chi connectivity index (χ3v) is 3.80. The normalized spacial score (nSPS) is 11.5. The number of hydrogen-bond acceptors (Lipinski definition) is 4. The molecule has 1 unspecified atom stereocenters. The minimum Gasteiger partial charge on any atom is -0.490 e. The molecule has 0 aliphatic carbocycles. The predicted octanol–water partition coefficient (Wildman–Crippen LogP) is 4.18. The summed E-state index contributed by atoms with van der Waals surface area (Å²) >= 11 is 0. The molecule has 2 aromatic rings. The highest BCUT2D eigenvalue weighted by molar-refractivity contribution is 5.75. The average molecular weight is 378 g/mol. The van der Waals surface area contributed by atoms with Crippen LogP contribution in [0.4, 0.5) is 0 Å². The molecular weight excluding hydrogens is 352 g/mol. The fourth-order valence-electron chi connectivity index (χ4n) is 2.48. The van der Waals surface area contributed by atoms with Gasteiger partial charge in [-0.15, -0.1) is 0 Å². The van der Waals surface area contributed by atoms with E-state index in [-0.39, 0.29) is 5.97 Å². The van der Waals surface area contributed by atoms with Crippen LogP contribution in [0.2, 0.25) is 0 Å². The SMILES string of the molecule is CCOC(=O)C(Cc1ccc(OC/C=C/C#Cc2ccccc2)cc1)OCC. The highest BCUT2D eigenvalue weighted by Crippen LogP contribution is 2.15. The molecule has 0 N–H and O–H groups in total. The smallest absolute Gasteiger partial charge is 0.335 e. The number of rotatable bonds is 9. The van der Waals surface area contributed by atoms with Crippen LogP contribution in [0.25, 0.3) is 0 Å². The van der Waals surface area contributed by atoms with E-state index in [1.807, 2.05) is 67.6 Å². The van der Waals surface area contributed by atoms with Crippen LogP contribution in [0.1, 0.15) is 25.0 Å². The summed E-state index contributed by atoms with van der Waals surface area (Å²) in [6.07, 6.45) is 3.55. The number of hydrogen-bond donors (Lipinski definition) is 0. The van der Waals surface area contributed by atoms with Crippen LogP contribution >= 0.6 is 0 Å². The Hall–Kier alpha value is -3.03. The van der Waals surface area contributed by atoms with E-state index in [0.717, 1.165) is 16.9 Å². The molecule has 0 aromatic heterocycles. The standard InChI is InChI=1S/C24H26O4/c1-3-26-23(24(25)27-4-2)19-21-14-16-22(17-15-21)28-18-10-6-9-13-20-11-7-5-8-12-20/h5-8,10-12,14-17,23H,3-4,18-19H2,1-2H3/b10-6+. The summed E-state index contributed by atoms with van der Waals surface area (Å²) in [5.74, 6) is 6.47. The molecular formula is C24H26O4. The van der Waals surface area contributed by atoms with Crippen LogP contribution in [0.3, 0.4) is 0 Å². The third-order valence-electron chi connectivity index (χ3n) is 3.80. The summed E-state index contributed by atoms with van der Waals surface area (Å²) < 4.78 is 16.2. The number of allylic oxidation sites excluding steroid dienone is 1. The molecule has 0 spiro atoms. The summed E-state index contributed by atoms with van der Waals surface area (Å²) in [7, 11) is 0. The molecule has 4 nitrogen and oxygen atoms in total. The quantitative estimate of drug-likeness (QED) is 0.485. The van der Waals surface area contributed by atoms with Gasteiger partial charge in [-0.2, -0.15) is 0 Å². The molecule has 0 aliphatic rings. The maximum atomic E-state index is 11.9. The van der Waals surface area contributed by atoms with E-state index in [9.17, 15) is 4.79 Å². The van der Waals surface area contributed by atoms with Gasteiger partial charge in [-0.05, 0) is 55.8 Å². The minimum absolute atomic E-state index is 0.327. The number of carbonyl (C=O) groups excluding carboxylic acids is 1. The molecule has 0 heterocycles. The molecule has 4 heteroatoms. The summed E-state index contributed by atoms with van der Waals surface area (Å²) in [6, 6.07) is 17.5. The zero-order chi connectivity index (χ0) is 20.0. The Balaban J connectivity index is 1.81. The van der Waals surface area contributed by atoms with E-state index in [0.29, 0.717) is 26.2 Å². The molecule has 146 valence electrons. The Labute approximate surface area is 167 Å².